The molecule has 4 heterocycles. The molecule has 0 saturated carbocycles. The Hall–Kier alpha value is -1.76. The zero-order valence-electron chi connectivity index (χ0n) is 14.6. The molecule has 0 aliphatic carbocycles. The SMILES string of the molecule is CC(C)c1nnc(CN2CCCC2c2nnc3n2CCCCC3)o1. The molecule has 130 valence electrons. The summed E-state index contributed by atoms with van der Waals surface area (Å²) in [5, 5.41) is 17.4. The van der Waals surface area contributed by atoms with Crippen LogP contribution in [0.1, 0.15) is 81.3 Å². The molecule has 0 spiro atoms. The second-order valence-corrected chi connectivity index (χ2v) is 7.25. The Labute approximate surface area is 142 Å². The van der Waals surface area contributed by atoms with Crippen molar-refractivity contribution < 1.29 is 4.42 Å². The Kier molecular flexibility index (Phi) is 4.35. The molecule has 1 saturated heterocycles. The zero-order valence-corrected chi connectivity index (χ0v) is 14.6. The molecule has 1 unspecified atom stereocenters. The second-order valence-electron chi connectivity index (χ2n) is 7.25. The molecule has 1 fully saturated rings. The van der Waals surface area contributed by atoms with Gasteiger partial charge in [-0.25, -0.2) is 0 Å². The van der Waals surface area contributed by atoms with E-state index in [9.17, 15) is 0 Å². The van der Waals surface area contributed by atoms with E-state index in [1.54, 1.807) is 0 Å². The van der Waals surface area contributed by atoms with Crippen LogP contribution in [0.5, 0.6) is 0 Å². The van der Waals surface area contributed by atoms with Gasteiger partial charge in [-0.2, -0.15) is 0 Å². The van der Waals surface area contributed by atoms with Gasteiger partial charge in [-0.05, 0) is 32.2 Å². The molecule has 0 N–H and O–H groups in total. The van der Waals surface area contributed by atoms with Gasteiger partial charge in [0.2, 0.25) is 11.8 Å². The highest BCUT2D eigenvalue weighted by Gasteiger charge is 2.32. The van der Waals surface area contributed by atoms with Gasteiger partial charge in [0.1, 0.15) is 11.6 Å². The molecule has 0 amide bonds. The van der Waals surface area contributed by atoms with Gasteiger partial charge < -0.3 is 8.98 Å². The van der Waals surface area contributed by atoms with Crippen molar-refractivity contribution in [3.05, 3.63) is 23.4 Å². The number of nitrogens with zero attached hydrogens (tertiary/aromatic N) is 6. The minimum atomic E-state index is 0.271. The molecular weight excluding hydrogens is 304 g/mol. The Morgan fingerprint density at radius 3 is 2.79 bits per heavy atom. The summed E-state index contributed by atoms with van der Waals surface area (Å²) in [7, 11) is 0. The number of fused-ring (bicyclic) bond motifs is 1. The normalized spacial score (nSPS) is 22.0. The second kappa shape index (κ2) is 6.63. The van der Waals surface area contributed by atoms with Crippen LogP contribution in [0.4, 0.5) is 0 Å². The van der Waals surface area contributed by atoms with Gasteiger partial charge in [-0.15, -0.1) is 20.4 Å². The first-order valence-corrected chi connectivity index (χ1v) is 9.20. The van der Waals surface area contributed by atoms with E-state index in [-0.39, 0.29) is 5.92 Å². The van der Waals surface area contributed by atoms with Gasteiger partial charge in [-0.1, -0.05) is 20.3 Å². The molecule has 2 aromatic rings. The summed E-state index contributed by atoms with van der Waals surface area (Å²) in [6, 6.07) is 0.318. The van der Waals surface area contributed by atoms with Crippen LogP contribution in [-0.4, -0.2) is 36.4 Å². The standard InChI is InChI=1S/C17H26N6O/c1-12(2)17-21-19-15(24-17)11-22-9-6-7-13(22)16-20-18-14-8-4-3-5-10-23(14)16/h12-13H,3-11H2,1-2H3. The molecule has 2 aromatic heterocycles. The quantitative estimate of drug-likeness (QED) is 0.858. The molecule has 0 aromatic carbocycles. The first kappa shape index (κ1) is 15.7. The molecule has 7 nitrogen and oxygen atoms in total. The number of aromatic nitrogens is 5. The molecule has 0 bridgehead atoms. The van der Waals surface area contributed by atoms with E-state index in [0.29, 0.717) is 18.5 Å². The Morgan fingerprint density at radius 2 is 1.96 bits per heavy atom. The number of aryl methyl sites for hydroxylation is 1. The van der Waals surface area contributed by atoms with Crippen LogP contribution >= 0.6 is 0 Å². The Morgan fingerprint density at radius 1 is 1.04 bits per heavy atom. The van der Waals surface area contributed by atoms with Crippen molar-refractivity contribution in [3.8, 4) is 0 Å². The van der Waals surface area contributed by atoms with Gasteiger partial charge in [0, 0.05) is 18.9 Å². The number of likely N-dealkylation sites (tertiary alicyclic amines) is 1. The van der Waals surface area contributed by atoms with Crippen LogP contribution in [-0.2, 0) is 19.5 Å². The molecule has 2 aliphatic rings. The largest absolute Gasteiger partial charge is 0.424 e. The molecule has 4 rings (SSSR count). The summed E-state index contributed by atoms with van der Waals surface area (Å²) < 4.78 is 8.16. The summed E-state index contributed by atoms with van der Waals surface area (Å²) in [6.45, 7) is 6.95. The van der Waals surface area contributed by atoms with E-state index >= 15 is 0 Å². The van der Waals surface area contributed by atoms with E-state index < -0.39 is 0 Å². The van der Waals surface area contributed by atoms with Gasteiger partial charge in [-0.3, -0.25) is 4.90 Å². The summed E-state index contributed by atoms with van der Waals surface area (Å²) in [5.74, 6) is 3.99. The van der Waals surface area contributed by atoms with Crippen LogP contribution in [0.2, 0.25) is 0 Å². The average molecular weight is 330 g/mol. The van der Waals surface area contributed by atoms with Crippen molar-refractivity contribution in [1.82, 2.24) is 29.9 Å². The predicted octanol–water partition coefficient (Wildman–Crippen LogP) is 2.85. The third kappa shape index (κ3) is 2.97. The Balaban J connectivity index is 1.53. The molecular formula is C17H26N6O. The smallest absolute Gasteiger partial charge is 0.230 e. The van der Waals surface area contributed by atoms with Crippen molar-refractivity contribution in [3.63, 3.8) is 0 Å². The van der Waals surface area contributed by atoms with Crippen LogP contribution in [0.15, 0.2) is 4.42 Å². The Bertz CT molecular complexity index is 691. The summed E-state index contributed by atoms with van der Waals surface area (Å²) >= 11 is 0. The fourth-order valence-electron chi connectivity index (χ4n) is 3.80. The molecule has 2 aliphatic heterocycles. The topological polar surface area (TPSA) is 72.9 Å². The minimum absolute atomic E-state index is 0.271. The lowest BCUT2D eigenvalue weighted by atomic mass is 10.2. The van der Waals surface area contributed by atoms with E-state index in [2.05, 4.69) is 43.7 Å². The van der Waals surface area contributed by atoms with E-state index in [1.807, 2.05) is 0 Å². The summed E-state index contributed by atoms with van der Waals surface area (Å²) in [5.41, 5.74) is 0. The van der Waals surface area contributed by atoms with Gasteiger partial charge in [0.15, 0.2) is 0 Å². The van der Waals surface area contributed by atoms with Crippen LogP contribution in [0.25, 0.3) is 0 Å². The van der Waals surface area contributed by atoms with E-state index in [0.717, 1.165) is 43.5 Å². The van der Waals surface area contributed by atoms with Crippen LogP contribution in [0.3, 0.4) is 0 Å². The monoisotopic (exact) mass is 330 g/mol. The summed E-state index contributed by atoms with van der Waals surface area (Å²) in [6.07, 6.45) is 7.11. The number of hydrogen-bond acceptors (Lipinski definition) is 6. The third-order valence-electron chi connectivity index (χ3n) is 5.11. The van der Waals surface area contributed by atoms with Gasteiger partial charge in [0.05, 0.1) is 12.6 Å². The van der Waals surface area contributed by atoms with Crippen LogP contribution < -0.4 is 0 Å². The van der Waals surface area contributed by atoms with Crippen molar-refractivity contribution in [2.75, 3.05) is 6.54 Å². The van der Waals surface area contributed by atoms with Crippen molar-refractivity contribution >= 4 is 0 Å². The minimum Gasteiger partial charge on any atom is -0.424 e. The highest BCUT2D eigenvalue weighted by atomic mass is 16.4. The predicted molar refractivity (Wildman–Crippen MR) is 88.3 cm³/mol. The van der Waals surface area contributed by atoms with Crippen molar-refractivity contribution in [1.29, 1.82) is 0 Å². The van der Waals surface area contributed by atoms with Gasteiger partial charge >= 0.3 is 0 Å². The zero-order chi connectivity index (χ0) is 16.5. The van der Waals surface area contributed by atoms with Crippen molar-refractivity contribution in [2.45, 2.75) is 77.4 Å². The van der Waals surface area contributed by atoms with Crippen LogP contribution in [0, 0.1) is 0 Å². The fraction of sp³-hybridized carbons (Fsp3) is 0.765. The molecule has 1 atom stereocenters. The lowest BCUT2D eigenvalue weighted by Gasteiger charge is -2.22. The highest BCUT2D eigenvalue weighted by Crippen LogP contribution is 2.33. The number of hydrogen-bond donors (Lipinski definition) is 0. The maximum absolute atomic E-state index is 5.80. The number of rotatable bonds is 4. The van der Waals surface area contributed by atoms with E-state index in [4.69, 9.17) is 4.42 Å². The van der Waals surface area contributed by atoms with Crippen molar-refractivity contribution in [2.24, 2.45) is 0 Å². The molecule has 24 heavy (non-hydrogen) atoms. The maximum atomic E-state index is 5.80. The third-order valence-corrected chi connectivity index (χ3v) is 5.11. The van der Waals surface area contributed by atoms with E-state index in [1.165, 1.54) is 25.7 Å². The van der Waals surface area contributed by atoms with Gasteiger partial charge in [0.25, 0.3) is 0 Å². The molecule has 7 heteroatoms. The first-order valence-electron chi connectivity index (χ1n) is 9.20. The lowest BCUT2D eigenvalue weighted by molar-refractivity contribution is 0.209. The lowest BCUT2D eigenvalue weighted by Crippen LogP contribution is -2.25. The fourth-order valence-corrected chi connectivity index (χ4v) is 3.80. The summed E-state index contributed by atoms with van der Waals surface area (Å²) in [4.78, 5) is 2.42. The maximum Gasteiger partial charge on any atom is 0.230 e. The first-order chi connectivity index (χ1) is 11.7. The average Bonchev–Trinajstić information content (AvgIpc) is 3.25. The highest BCUT2D eigenvalue weighted by molar-refractivity contribution is 5.05. The molecule has 0 radical (unpaired) electrons.